The van der Waals surface area contributed by atoms with Crippen molar-refractivity contribution in [2.24, 2.45) is 5.92 Å². The van der Waals surface area contributed by atoms with E-state index in [2.05, 4.69) is 42.1 Å². The normalized spacial score (nSPS) is 41.6. The molecule has 3 saturated heterocycles. The van der Waals surface area contributed by atoms with Gasteiger partial charge in [-0.15, -0.1) is 0 Å². The fourth-order valence-corrected chi connectivity index (χ4v) is 7.35. The highest BCUT2D eigenvalue weighted by atomic mass is 16.5. The highest BCUT2D eigenvalue weighted by molar-refractivity contribution is 5.50. The number of rotatable bonds is 4. The second-order valence-corrected chi connectivity index (χ2v) is 10.5. The number of hydrogen-bond donors (Lipinski definition) is 0. The molecule has 0 radical (unpaired) electrons. The smallest absolute Gasteiger partial charge is 0.119 e. The number of ether oxygens (including phenoxy) is 2. The zero-order chi connectivity index (χ0) is 19.1. The Morgan fingerprint density at radius 3 is 2.75 bits per heavy atom. The van der Waals surface area contributed by atoms with E-state index in [-0.39, 0.29) is 16.6 Å². The Morgan fingerprint density at radius 2 is 2.07 bits per heavy atom. The fourth-order valence-electron chi connectivity index (χ4n) is 7.35. The van der Waals surface area contributed by atoms with Crippen LogP contribution in [-0.2, 0) is 16.6 Å². The molecule has 28 heavy (non-hydrogen) atoms. The topological polar surface area (TPSA) is 24.9 Å². The molecule has 4 bridgehead atoms. The lowest BCUT2D eigenvalue weighted by Gasteiger charge is -2.72. The Hall–Kier alpha value is -1.10. The highest BCUT2D eigenvalue weighted by Gasteiger charge is 2.71. The van der Waals surface area contributed by atoms with E-state index in [0.29, 0.717) is 6.04 Å². The predicted molar refractivity (Wildman–Crippen MR) is 110 cm³/mol. The SMILES string of the molecule is COc1ccc2c(c1)[C@]13CCN(CC4CC4)[C@H](C2)[C@]12CC[C@@](N(C)C)(CO2)C3. The first-order chi connectivity index (χ1) is 13.5. The van der Waals surface area contributed by atoms with Gasteiger partial charge in [0.2, 0.25) is 0 Å². The van der Waals surface area contributed by atoms with Gasteiger partial charge in [-0.25, -0.2) is 0 Å². The second-order valence-electron chi connectivity index (χ2n) is 10.5. The van der Waals surface area contributed by atoms with Crippen LogP contribution in [0, 0.1) is 5.92 Å². The average molecular weight is 383 g/mol. The zero-order valence-electron chi connectivity index (χ0n) is 17.7. The molecule has 7 rings (SSSR count). The van der Waals surface area contributed by atoms with Crippen molar-refractivity contribution in [2.75, 3.05) is 40.9 Å². The quantitative estimate of drug-likeness (QED) is 0.798. The van der Waals surface area contributed by atoms with Crippen molar-refractivity contribution in [3.8, 4) is 5.75 Å². The highest BCUT2D eigenvalue weighted by Crippen LogP contribution is 2.65. The van der Waals surface area contributed by atoms with Crippen molar-refractivity contribution in [2.45, 2.75) is 67.5 Å². The molecular formula is C24H34N2O2. The summed E-state index contributed by atoms with van der Waals surface area (Å²) >= 11 is 0. The summed E-state index contributed by atoms with van der Waals surface area (Å²) in [4.78, 5) is 5.29. The van der Waals surface area contributed by atoms with Gasteiger partial charge in [0.1, 0.15) is 5.75 Å². The van der Waals surface area contributed by atoms with Crippen LogP contribution < -0.4 is 4.74 Å². The van der Waals surface area contributed by atoms with Gasteiger partial charge >= 0.3 is 0 Å². The van der Waals surface area contributed by atoms with Crippen LogP contribution in [0.4, 0.5) is 0 Å². The zero-order valence-corrected chi connectivity index (χ0v) is 17.7. The first-order valence-electron chi connectivity index (χ1n) is 11.2. The number of benzene rings is 1. The maximum Gasteiger partial charge on any atom is 0.119 e. The van der Waals surface area contributed by atoms with E-state index in [4.69, 9.17) is 9.47 Å². The number of nitrogens with zero attached hydrogens (tertiary/aromatic N) is 2. The summed E-state index contributed by atoms with van der Waals surface area (Å²) in [6.07, 6.45) is 8.94. The number of piperidine rings is 1. The van der Waals surface area contributed by atoms with E-state index in [1.807, 2.05) is 0 Å². The van der Waals surface area contributed by atoms with Gasteiger partial charge in [-0.3, -0.25) is 4.90 Å². The molecule has 3 heterocycles. The lowest BCUT2D eigenvalue weighted by atomic mass is 9.45. The van der Waals surface area contributed by atoms with Crippen LogP contribution in [0.2, 0.25) is 0 Å². The van der Waals surface area contributed by atoms with Crippen LogP contribution >= 0.6 is 0 Å². The van der Waals surface area contributed by atoms with Crippen LogP contribution in [0.15, 0.2) is 18.2 Å². The third-order valence-electron chi connectivity index (χ3n) is 9.19. The average Bonchev–Trinajstić information content (AvgIpc) is 3.53. The Morgan fingerprint density at radius 1 is 1.21 bits per heavy atom. The predicted octanol–water partition coefficient (Wildman–Crippen LogP) is 3.23. The molecule has 5 fully saturated rings. The van der Waals surface area contributed by atoms with Gasteiger partial charge in [0.25, 0.3) is 0 Å². The summed E-state index contributed by atoms with van der Waals surface area (Å²) in [5, 5.41) is 0. The number of likely N-dealkylation sites (N-methyl/N-ethyl adjacent to an activating group) is 1. The standard InChI is InChI=1S/C24H34N2O2/c1-25(2)22-8-9-24(28-16-22)21-12-18-6-7-19(27-3)13-20(18)23(24,15-22)10-11-26(21)14-17-4-5-17/h6-7,13,17,21H,4-5,8-12,14-16H2,1-3H3/t21-,22+,23-,24-/m1/s1. The Kier molecular flexibility index (Phi) is 3.63. The molecule has 0 aromatic heterocycles. The van der Waals surface area contributed by atoms with Crippen LogP contribution in [0.5, 0.6) is 5.75 Å². The van der Waals surface area contributed by atoms with Crippen molar-refractivity contribution >= 4 is 0 Å². The third kappa shape index (κ3) is 2.12. The minimum absolute atomic E-state index is 0.00271. The molecule has 0 N–H and O–H groups in total. The van der Waals surface area contributed by atoms with Crippen LogP contribution in [0.25, 0.3) is 0 Å². The molecule has 1 aromatic carbocycles. The minimum Gasteiger partial charge on any atom is -0.497 e. The summed E-state index contributed by atoms with van der Waals surface area (Å²) in [5.74, 6) is 1.94. The third-order valence-corrected chi connectivity index (χ3v) is 9.19. The Bertz CT molecular complexity index is 794. The molecule has 3 aliphatic carbocycles. The van der Waals surface area contributed by atoms with Gasteiger partial charge in [-0.2, -0.15) is 0 Å². The molecule has 3 aliphatic heterocycles. The number of fused-ring (bicyclic) bond motifs is 3. The number of likely N-dealkylation sites (tertiary alicyclic amines) is 1. The first kappa shape index (κ1) is 17.7. The molecule has 4 nitrogen and oxygen atoms in total. The maximum absolute atomic E-state index is 7.03. The van der Waals surface area contributed by atoms with Crippen molar-refractivity contribution in [3.63, 3.8) is 0 Å². The molecule has 0 amide bonds. The molecule has 4 heteroatoms. The molecule has 1 aromatic rings. The number of hydrogen-bond acceptors (Lipinski definition) is 4. The summed E-state index contributed by atoms with van der Waals surface area (Å²) < 4.78 is 12.7. The van der Waals surface area contributed by atoms with Crippen LogP contribution in [0.3, 0.4) is 0 Å². The molecule has 0 unspecified atom stereocenters. The second kappa shape index (κ2) is 5.74. The summed E-state index contributed by atoms with van der Waals surface area (Å²) in [7, 11) is 6.31. The summed E-state index contributed by atoms with van der Waals surface area (Å²) in [5.41, 5.74) is 3.40. The minimum atomic E-state index is -0.00271. The van der Waals surface area contributed by atoms with Crippen molar-refractivity contribution in [1.82, 2.24) is 9.80 Å². The molecule has 152 valence electrons. The van der Waals surface area contributed by atoms with E-state index < -0.39 is 0 Å². The van der Waals surface area contributed by atoms with Gasteiger partial charge in [-0.1, -0.05) is 6.07 Å². The molecule has 4 atom stereocenters. The molecular weight excluding hydrogens is 348 g/mol. The van der Waals surface area contributed by atoms with Gasteiger partial charge < -0.3 is 14.4 Å². The van der Waals surface area contributed by atoms with E-state index in [1.165, 1.54) is 51.6 Å². The number of methoxy groups -OCH3 is 1. The van der Waals surface area contributed by atoms with Gasteiger partial charge in [-0.05, 0) is 94.8 Å². The summed E-state index contributed by atoms with van der Waals surface area (Å²) in [6, 6.07) is 7.42. The summed E-state index contributed by atoms with van der Waals surface area (Å²) in [6.45, 7) is 3.41. The Balaban J connectivity index is 1.51. The van der Waals surface area contributed by atoms with Gasteiger partial charge in [0, 0.05) is 23.5 Å². The lowest BCUT2D eigenvalue weighted by molar-refractivity contribution is -0.277. The maximum atomic E-state index is 7.03. The van der Waals surface area contributed by atoms with Gasteiger partial charge in [0.05, 0.1) is 19.3 Å². The van der Waals surface area contributed by atoms with E-state index in [0.717, 1.165) is 24.7 Å². The van der Waals surface area contributed by atoms with Crippen molar-refractivity contribution < 1.29 is 9.47 Å². The molecule has 6 aliphatic rings. The van der Waals surface area contributed by atoms with E-state index in [9.17, 15) is 0 Å². The Labute approximate surface area is 169 Å². The first-order valence-corrected chi connectivity index (χ1v) is 11.2. The van der Waals surface area contributed by atoms with Gasteiger partial charge in [0.15, 0.2) is 0 Å². The van der Waals surface area contributed by atoms with Crippen LogP contribution in [-0.4, -0.2) is 67.9 Å². The van der Waals surface area contributed by atoms with E-state index in [1.54, 1.807) is 18.2 Å². The largest absolute Gasteiger partial charge is 0.497 e. The van der Waals surface area contributed by atoms with E-state index >= 15 is 0 Å². The fraction of sp³-hybridized carbons (Fsp3) is 0.750. The molecule has 1 spiro atoms. The van der Waals surface area contributed by atoms with Crippen molar-refractivity contribution in [1.29, 1.82) is 0 Å². The monoisotopic (exact) mass is 382 g/mol. The molecule has 2 saturated carbocycles. The lowest BCUT2D eigenvalue weighted by Crippen LogP contribution is -2.81. The van der Waals surface area contributed by atoms with Crippen molar-refractivity contribution in [3.05, 3.63) is 29.3 Å². The van der Waals surface area contributed by atoms with Crippen LogP contribution in [0.1, 0.15) is 49.7 Å².